The van der Waals surface area contributed by atoms with E-state index >= 15 is 0 Å². The number of anilines is 1. The van der Waals surface area contributed by atoms with Crippen molar-refractivity contribution < 1.29 is 13.6 Å². The van der Waals surface area contributed by atoms with Gasteiger partial charge < -0.3 is 5.32 Å². The largest absolute Gasteiger partial charge is 0.321 e. The first-order chi connectivity index (χ1) is 13.6. The molecule has 0 bridgehead atoms. The number of benzene rings is 3. The van der Waals surface area contributed by atoms with Crippen molar-refractivity contribution in [1.82, 2.24) is 4.98 Å². The van der Waals surface area contributed by atoms with Crippen molar-refractivity contribution in [1.29, 1.82) is 0 Å². The van der Waals surface area contributed by atoms with E-state index < -0.39 is 5.91 Å². The van der Waals surface area contributed by atoms with Gasteiger partial charge in [-0.1, -0.05) is 42.5 Å². The second-order valence-electron chi connectivity index (χ2n) is 6.03. The highest BCUT2D eigenvalue weighted by Gasteiger charge is 2.20. The third-order valence-corrected chi connectivity index (χ3v) is 5.22. The van der Waals surface area contributed by atoms with Crippen molar-refractivity contribution in [3.05, 3.63) is 96.2 Å². The van der Waals surface area contributed by atoms with Crippen LogP contribution < -0.4 is 5.32 Å². The molecule has 0 radical (unpaired) electrons. The topological polar surface area (TPSA) is 42.0 Å². The molecule has 0 saturated carbocycles. The maximum Gasteiger partial charge on any atom is 0.275 e. The molecular formula is C22H14F2N2OS. The van der Waals surface area contributed by atoms with Crippen LogP contribution in [0.4, 0.5) is 14.5 Å². The molecule has 0 aliphatic heterocycles. The van der Waals surface area contributed by atoms with E-state index in [1.165, 1.54) is 47.7 Å². The maximum atomic E-state index is 13.3. The van der Waals surface area contributed by atoms with E-state index in [2.05, 4.69) is 10.3 Å². The van der Waals surface area contributed by atoms with Gasteiger partial charge in [0.2, 0.25) is 0 Å². The summed E-state index contributed by atoms with van der Waals surface area (Å²) in [6.07, 6.45) is 0. The first-order valence-corrected chi connectivity index (χ1v) is 9.31. The molecule has 0 fully saturated rings. The number of hydrogen-bond donors (Lipinski definition) is 1. The minimum Gasteiger partial charge on any atom is -0.321 e. The van der Waals surface area contributed by atoms with Gasteiger partial charge in [-0.05, 0) is 42.0 Å². The highest BCUT2D eigenvalue weighted by Crippen LogP contribution is 2.36. The highest BCUT2D eigenvalue weighted by molar-refractivity contribution is 7.18. The monoisotopic (exact) mass is 392 g/mol. The van der Waals surface area contributed by atoms with Gasteiger partial charge in [-0.25, -0.2) is 13.8 Å². The lowest BCUT2D eigenvalue weighted by atomic mass is 10.1. The molecule has 0 saturated heterocycles. The Kier molecular flexibility index (Phi) is 4.95. The number of thiazole rings is 1. The molecule has 0 atom stereocenters. The Labute approximate surface area is 164 Å². The number of carbonyl (C=O) groups is 1. The van der Waals surface area contributed by atoms with Crippen molar-refractivity contribution in [3.63, 3.8) is 0 Å². The molecule has 1 amide bonds. The van der Waals surface area contributed by atoms with Crippen LogP contribution in [-0.4, -0.2) is 10.9 Å². The first kappa shape index (κ1) is 18.0. The Morgan fingerprint density at radius 3 is 2.04 bits per heavy atom. The first-order valence-electron chi connectivity index (χ1n) is 8.49. The maximum absolute atomic E-state index is 13.3. The Bertz CT molecular complexity index is 1110. The number of nitrogens with one attached hydrogen (secondary N) is 1. The van der Waals surface area contributed by atoms with E-state index in [0.29, 0.717) is 21.1 Å². The molecular weight excluding hydrogens is 378 g/mol. The fourth-order valence-corrected chi connectivity index (χ4v) is 3.77. The lowest BCUT2D eigenvalue weighted by Crippen LogP contribution is -2.13. The van der Waals surface area contributed by atoms with Crippen LogP contribution in [0.5, 0.6) is 0 Å². The molecule has 28 heavy (non-hydrogen) atoms. The molecule has 1 aromatic heterocycles. The Morgan fingerprint density at radius 2 is 1.39 bits per heavy atom. The van der Waals surface area contributed by atoms with Gasteiger partial charge in [-0.2, -0.15) is 0 Å². The SMILES string of the molecule is O=C(Nc1ccc(F)cc1)c1nc(-c2ccccc2)sc1-c1ccc(F)cc1. The van der Waals surface area contributed by atoms with Crippen LogP contribution >= 0.6 is 11.3 Å². The number of hydrogen-bond acceptors (Lipinski definition) is 3. The zero-order chi connectivity index (χ0) is 19.5. The summed E-state index contributed by atoms with van der Waals surface area (Å²) in [5.74, 6) is -1.15. The molecule has 1 heterocycles. The average molecular weight is 392 g/mol. The molecule has 138 valence electrons. The number of aromatic nitrogens is 1. The van der Waals surface area contributed by atoms with E-state index in [1.54, 1.807) is 12.1 Å². The number of amides is 1. The van der Waals surface area contributed by atoms with Crippen molar-refractivity contribution in [2.24, 2.45) is 0 Å². The Morgan fingerprint density at radius 1 is 0.786 bits per heavy atom. The van der Waals surface area contributed by atoms with Crippen molar-refractivity contribution in [3.8, 4) is 21.0 Å². The van der Waals surface area contributed by atoms with Gasteiger partial charge in [-0.15, -0.1) is 11.3 Å². The molecule has 4 aromatic rings. The predicted octanol–water partition coefficient (Wildman–Crippen LogP) is 6.01. The molecule has 6 heteroatoms. The van der Waals surface area contributed by atoms with Crippen LogP contribution in [0.15, 0.2) is 78.9 Å². The lowest BCUT2D eigenvalue weighted by Gasteiger charge is -2.05. The molecule has 0 spiro atoms. The summed E-state index contributed by atoms with van der Waals surface area (Å²) in [5, 5.41) is 3.42. The van der Waals surface area contributed by atoms with E-state index in [-0.39, 0.29) is 17.3 Å². The number of rotatable bonds is 4. The third kappa shape index (κ3) is 3.82. The predicted molar refractivity (Wildman–Crippen MR) is 107 cm³/mol. The van der Waals surface area contributed by atoms with E-state index in [1.807, 2.05) is 30.3 Å². The fourth-order valence-electron chi connectivity index (χ4n) is 2.70. The van der Waals surface area contributed by atoms with Crippen LogP contribution in [0.25, 0.3) is 21.0 Å². The number of halogens is 2. The standard InChI is InChI=1S/C22H14F2N2OS/c23-16-8-6-14(7-9-16)20-19(21(27)25-18-12-10-17(24)11-13-18)26-22(28-20)15-4-2-1-3-5-15/h1-13H,(H,25,27). The van der Waals surface area contributed by atoms with Crippen LogP contribution in [0, 0.1) is 11.6 Å². The van der Waals surface area contributed by atoms with E-state index in [9.17, 15) is 13.6 Å². The van der Waals surface area contributed by atoms with Crippen molar-refractivity contribution in [2.45, 2.75) is 0 Å². The normalized spacial score (nSPS) is 10.6. The summed E-state index contributed by atoms with van der Waals surface area (Å²) >= 11 is 1.36. The van der Waals surface area contributed by atoms with Gasteiger partial charge in [0.05, 0.1) is 4.88 Å². The molecule has 4 rings (SSSR count). The van der Waals surface area contributed by atoms with Crippen LogP contribution in [-0.2, 0) is 0 Å². The number of nitrogens with zero attached hydrogens (tertiary/aromatic N) is 1. The molecule has 0 unspecified atom stereocenters. The Hall–Kier alpha value is -3.38. The fraction of sp³-hybridized carbons (Fsp3) is 0. The Balaban J connectivity index is 1.75. The molecule has 3 nitrogen and oxygen atoms in total. The summed E-state index contributed by atoms with van der Waals surface area (Å²) in [4.78, 5) is 18.0. The molecule has 3 aromatic carbocycles. The molecule has 0 aliphatic carbocycles. The van der Waals surface area contributed by atoms with Crippen LogP contribution in [0.3, 0.4) is 0 Å². The smallest absolute Gasteiger partial charge is 0.275 e. The summed E-state index contributed by atoms with van der Waals surface area (Å²) < 4.78 is 26.4. The van der Waals surface area contributed by atoms with E-state index in [0.717, 1.165) is 5.56 Å². The number of carbonyl (C=O) groups excluding carboxylic acids is 1. The lowest BCUT2D eigenvalue weighted by molar-refractivity contribution is 0.102. The summed E-state index contributed by atoms with van der Waals surface area (Å²) in [6.45, 7) is 0. The van der Waals surface area contributed by atoms with Gasteiger partial charge >= 0.3 is 0 Å². The van der Waals surface area contributed by atoms with Gasteiger partial charge in [0, 0.05) is 11.3 Å². The second kappa shape index (κ2) is 7.70. The van der Waals surface area contributed by atoms with Gasteiger partial charge in [-0.3, -0.25) is 4.79 Å². The zero-order valence-corrected chi connectivity index (χ0v) is 15.3. The molecule has 0 aliphatic rings. The van der Waals surface area contributed by atoms with Gasteiger partial charge in [0.25, 0.3) is 5.91 Å². The quantitative estimate of drug-likeness (QED) is 0.462. The highest BCUT2D eigenvalue weighted by atomic mass is 32.1. The van der Waals surface area contributed by atoms with Gasteiger partial charge in [0.1, 0.15) is 22.3 Å². The summed E-state index contributed by atoms with van der Waals surface area (Å²) in [5.41, 5.74) is 2.28. The van der Waals surface area contributed by atoms with Crippen molar-refractivity contribution in [2.75, 3.05) is 5.32 Å². The minimum absolute atomic E-state index is 0.236. The summed E-state index contributed by atoms with van der Waals surface area (Å²) in [7, 11) is 0. The second-order valence-corrected chi connectivity index (χ2v) is 7.03. The minimum atomic E-state index is -0.413. The average Bonchev–Trinajstić information content (AvgIpc) is 3.17. The van der Waals surface area contributed by atoms with E-state index in [4.69, 9.17) is 0 Å². The van der Waals surface area contributed by atoms with Crippen LogP contribution in [0.2, 0.25) is 0 Å². The molecule has 1 N–H and O–H groups in total. The van der Waals surface area contributed by atoms with Gasteiger partial charge in [0.15, 0.2) is 0 Å². The third-order valence-electron chi connectivity index (χ3n) is 4.07. The zero-order valence-electron chi connectivity index (χ0n) is 14.5. The summed E-state index contributed by atoms with van der Waals surface area (Å²) in [6, 6.07) is 20.9. The van der Waals surface area contributed by atoms with Crippen molar-refractivity contribution >= 4 is 22.9 Å². The van der Waals surface area contributed by atoms with Crippen LogP contribution in [0.1, 0.15) is 10.5 Å².